The average molecular weight is 393 g/mol. The van der Waals surface area contributed by atoms with Crippen molar-refractivity contribution >= 4 is 27.7 Å². The molecule has 7 nitrogen and oxygen atoms in total. The maximum absolute atomic E-state index is 13.0. The third-order valence-electron chi connectivity index (χ3n) is 5.06. The van der Waals surface area contributed by atoms with Crippen molar-refractivity contribution in [2.75, 3.05) is 32.7 Å². The van der Waals surface area contributed by atoms with E-state index in [1.807, 2.05) is 0 Å². The van der Waals surface area contributed by atoms with Gasteiger partial charge in [-0.2, -0.15) is 18.3 Å². The normalized spacial score (nSPS) is 16.2. The molecule has 4 rings (SSSR count). The first kappa shape index (κ1) is 18.5. The van der Waals surface area contributed by atoms with Gasteiger partial charge in [-0.1, -0.05) is 0 Å². The quantitative estimate of drug-likeness (QED) is 0.698. The molecule has 0 saturated carbocycles. The van der Waals surface area contributed by atoms with Gasteiger partial charge in [0.25, 0.3) is 11.5 Å². The third kappa shape index (κ3) is 3.35. The summed E-state index contributed by atoms with van der Waals surface area (Å²) in [6.07, 6.45) is -2.82. The van der Waals surface area contributed by atoms with Gasteiger partial charge in [-0.15, -0.1) is 0 Å². The average Bonchev–Trinajstić information content (AvgIpc) is 3.11. The van der Waals surface area contributed by atoms with Gasteiger partial charge in [0.2, 0.25) is 0 Å². The van der Waals surface area contributed by atoms with Crippen LogP contribution in [0.3, 0.4) is 0 Å². The van der Waals surface area contributed by atoms with E-state index in [0.717, 1.165) is 0 Å². The SMILES string of the molecule is Cc1cc2[nH]c(=O)c3cn[nH]c3c2cc1C(=O)N1CCN(CC(F)(F)F)CC1. The standard InChI is InChI=1S/C18H18F3N5O2/c1-10-6-14-12(15-13(8-22-24-15)16(27)23-14)7-11(10)17(28)26-4-2-25(3-5-26)9-18(19,20)21/h6-8H,2-5,9H2,1H3,(H,22,24)(H,23,27). The zero-order valence-corrected chi connectivity index (χ0v) is 15.1. The molecule has 1 aromatic carbocycles. The molecule has 0 atom stereocenters. The molecule has 0 unspecified atom stereocenters. The predicted molar refractivity (Wildman–Crippen MR) is 97.4 cm³/mol. The van der Waals surface area contributed by atoms with Gasteiger partial charge in [0.15, 0.2) is 0 Å². The van der Waals surface area contributed by atoms with Crippen LogP contribution in [0.15, 0.2) is 23.1 Å². The number of carbonyl (C=O) groups is 1. The van der Waals surface area contributed by atoms with Crippen LogP contribution in [0.4, 0.5) is 13.2 Å². The van der Waals surface area contributed by atoms with Crippen LogP contribution in [0.5, 0.6) is 0 Å². The zero-order valence-electron chi connectivity index (χ0n) is 15.1. The van der Waals surface area contributed by atoms with E-state index in [2.05, 4.69) is 15.2 Å². The van der Waals surface area contributed by atoms with E-state index >= 15 is 0 Å². The molecule has 2 N–H and O–H groups in total. The van der Waals surface area contributed by atoms with Gasteiger partial charge in [0.1, 0.15) is 0 Å². The van der Waals surface area contributed by atoms with Gasteiger partial charge >= 0.3 is 6.18 Å². The molecule has 148 valence electrons. The first-order chi connectivity index (χ1) is 13.2. The molecule has 2 aromatic heterocycles. The number of carbonyl (C=O) groups excluding carboxylic acids is 1. The molecule has 0 bridgehead atoms. The van der Waals surface area contributed by atoms with Gasteiger partial charge in [-0.25, -0.2) is 0 Å². The lowest BCUT2D eigenvalue weighted by molar-refractivity contribution is -0.148. The number of halogens is 3. The predicted octanol–water partition coefficient (Wildman–Crippen LogP) is 2.03. The molecule has 1 fully saturated rings. The molecule has 10 heteroatoms. The minimum Gasteiger partial charge on any atom is -0.336 e. The summed E-state index contributed by atoms with van der Waals surface area (Å²) in [6.45, 7) is 1.62. The number of pyridine rings is 1. The maximum Gasteiger partial charge on any atom is 0.401 e. The Morgan fingerprint density at radius 3 is 2.57 bits per heavy atom. The minimum absolute atomic E-state index is 0.177. The number of nitrogens with one attached hydrogen (secondary N) is 2. The smallest absolute Gasteiger partial charge is 0.336 e. The number of aryl methyl sites for hydroxylation is 1. The number of alkyl halides is 3. The van der Waals surface area contributed by atoms with E-state index < -0.39 is 12.7 Å². The fourth-order valence-corrected chi connectivity index (χ4v) is 3.63. The summed E-state index contributed by atoms with van der Waals surface area (Å²) in [5.41, 5.74) is 2.01. The molecule has 3 heterocycles. The van der Waals surface area contributed by atoms with Crippen LogP contribution in [0, 0.1) is 6.92 Å². The lowest BCUT2D eigenvalue weighted by atomic mass is 10.0. The highest BCUT2D eigenvalue weighted by molar-refractivity contribution is 6.07. The number of aromatic amines is 2. The van der Waals surface area contributed by atoms with Crippen LogP contribution in [0.25, 0.3) is 21.8 Å². The molecule has 0 aliphatic carbocycles. The van der Waals surface area contributed by atoms with Gasteiger partial charge in [-0.05, 0) is 24.6 Å². The molecule has 1 amide bonds. The summed E-state index contributed by atoms with van der Waals surface area (Å²) in [6, 6.07) is 3.43. The highest BCUT2D eigenvalue weighted by atomic mass is 19.4. The van der Waals surface area contributed by atoms with E-state index in [4.69, 9.17) is 0 Å². The summed E-state index contributed by atoms with van der Waals surface area (Å²) < 4.78 is 37.6. The number of hydrogen-bond acceptors (Lipinski definition) is 4. The Kier molecular flexibility index (Phi) is 4.37. The van der Waals surface area contributed by atoms with Crippen LogP contribution in [0.2, 0.25) is 0 Å². The Morgan fingerprint density at radius 1 is 1.18 bits per heavy atom. The van der Waals surface area contributed by atoms with Crippen LogP contribution in [-0.4, -0.2) is 69.8 Å². The number of aromatic nitrogens is 3. The van der Waals surface area contributed by atoms with Crippen LogP contribution in [0.1, 0.15) is 15.9 Å². The van der Waals surface area contributed by atoms with E-state index in [9.17, 15) is 22.8 Å². The molecular weight excluding hydrogens is 375 g/mol. The van der Waals surface area contributed by atoms with Crippen molar-refractivity contribution in [3.05, 3.63) is 39.8 Å². The minimum atomic E-state index is -4.24. The highest BCUT2D eigenvalue weighted by Gasteiger charge is 2.33. The van der Waals surface area contributed by atoms with Crippen molar-refractivity contribution in [2.45, 2.75) is 13.1 Å². The van der Waals surface area contributed by atoms with Gasteiger partial charge in [0, 0.05) is 37.1 Å². The lowest BCUT2D eigenvalue weighted by Gasteiger charge is -2.35. The third-order valence-corrected chi connectivity index (χ3v) is 5.06. The van der Waals surface area contributed by atoms with Crippen molar-refractivity contribution in [2.24, 2.45) is 0 Å². The maximum atomic E-state index is 13.0. The largest absolute Gasteiger partial charge is 0.401 e. The van der Waals surface area contributed by atoms with Crippen molar-refractivity contribution in [1.29, 1.82) is 0 Å². The van der Waals surface area contributed by atoms with E-state index in [-0.39, 0.29) is 37.6 Å². The van der Waals surface area contributed by atoms with Crippen LogP contribution in [-0.2, 0) is 0 Å². The van der Waals surface area contributed by atoms with Gasteiger partial charge in [-0.3, -0.25) is 19.6 Å². The highest BCUT2D eigenvalue weighted by Crippen LogP contribution is 2.24. The summed E-state index contributed by atoms with van der Waals surface area (Å²) in [7, 11) is 0. The van der Waals surface area contributed by atoms with Gasteiger partial charge in [0.05, 0.1) is 29.2 Å². The summed E-state index contributed by atoms with van der Waals surface area (Å²) in [5.74, 6) is -0.232. The van der Waals surface area contributed by atoms with E-state index in [1.165, 1.54) is 11.1 Å². The second kappa shape index (κ2) is 6.62. The Balaban J connectivity index is 1.62. The number of piperazine rings is 1. The first-order valence-corrected chi connectivity index (χ1v) is 8.81. The number of H-pyrrole nitrogens is 2. The molecule has 1 aliphatic rings. The Labute approximate surface area is 157 Å². The Hall–Kier alpha value is -2.88. The van der Waals surface area contributed by atoms with Crippen molar-refractivity contribution in [3.63, 3.8) is 0 Å². The molecule has 0 radical (unpaired) electrons. The summed E-state index contributed by atoms with van der Waals surface area (Å²) in [4.78, 5) is 30.7. The summed E-state index contributed by atoms with van der Waals surface area (Å²) in [5, 5.41) is 7.75. The molecule has 1 aliphatic heterocycles. The van der Waals surface area contributed by atoms with Crippen LogP contribution < -0.4 is 5.56 Å². The number of amides is 1. The number of nitrogens with zero attached hydrogens (tertiary/aromatic N) is 3. The molecule has 0 spiro atoms. The summed E-state index contributed by atoms with van der Waals surface area (Å²) >= 11 is 0. The van der Waals surface area contributed by atoms with E-state index in [0.29, 0.717) is 32.9 Å². The first-order valence-electron chi connectivity index (χ1n) is 8.81. The fourth-order valence-electron chi connectivity index (χ4n) is 3.63. The zero-order chi connectivity index (χ0) is 20.1. The molecule has 28 heavy (non-hydrogen) atoms. The second-order valence-electron chi connectivity index (χ2n) is 7.01. The molecular formula is C18H18F3N5O2. The number of rotatable bonds is 2. The van der Waals surface area contributed by atoms with Crippen molar-refractivity contribution in [3.8, 4) is 0 Å². The Morgan fingerprint density at radius 2 is 1.89 bits per heavy atom. The molecule has 3 aromatic rings. The number of hydrogen-bond donors (Lipinski definition) is 2. The lowest BCUT2D eigenvalue weighted by Crippen LogP contribution is -2.51. The van der Waals surface area contributed by atoms with E-state index in [1.54, 1.807) is 24.0 Å². The fraction of sp³-hybridized carbons (Fsp3) is 0.389. The topological polar surface area (TPSA) is 85.1 Å². The van der Waals surface area contributed by atoms with Crippen LogP contribution >= 0.6 is 0 Å². The Bertz CT molecular complexity index is 1110. The monoisotopic (exact) mass is 393 g/mol. The second-order valence-corrected chi connectivity index (χ2v) is 7.01. The van der Waals surface area contributed by atoms with Gasteiger partial charge < -0.3 is 9.88 Å². The van der Waals surface area contributed by atoms with Crippen molar-refractivity contribution < 1.29 is 18.0 Å². The number of fused-ring (bicyclic) bond motifs is 3. The molecule has 1 saturated heterocycles. The number of benzene rings is 1. The van der Waals surface area contributed by atoms with Crippen molar-refractivity contribution in [1.82, 2.24) is 25.0 Å².